The summed E-state index contributed by atoms with van der Waals surface area (Å²) >= 11 is 1.21. The average Bonchev–Trinajstić information content (AvgIpc) is 2.73. The Morgan fingerprint density at radius 2 is 1.50 bits per heavy atom. The Morgan fingerprint density at radius 1 is 0.938 bits per heavy atom. The predicted molar refractivity (Wildman–Crippen MR) is 127 cm³/mol. The van der Waals surface area contributed by atoms with Gasteiger partial charge in [0, 0.05) is 5.75 Å². The highest BCUT2D eigenvalue weighted by atomic mass is 32.2. The Hall–Kier alpha value is -2.80. The lowest BCUT2D eigenvalue weighted by atomic mass is 9.87. The average molecular weight is 460 g/mol. The van der Waals surface area contributed by atoms with Gasteiger partial charge in [0.25, 0.3) is 0 Å². The minimum atomic E-state index is -0.819. The molecule has 0 unspecified atom stereocenters. The van der Waals surface area contributed by atoms with Crippen molar-refractivity contribution in [2.45, 2.75) is 45.8 Å². The number of anilines is 1. The van der Waals surface area contributed by atoms with Crippen molar-refractivity contribution in [3.8, 4) is 0 Å². The van der Waals surface area contributed by atoms with E-state index < -0.39 is 17.8 Å². The summed E-state index contributed by atoms with van der Waals surface area (Å²) in [4.78, 5) is 25.2. The second-order valence-corrected chi connectivity index (χ2v) is 8.97. The number of hydrogen-bond acceptors (Lipinski definition) is 6. The summed E-state index contributed by atoms with van der Waals surface area (Å²) in [5.74, 6) is -1.70. The summed E-state index contributed by atoms with van der Waals surface area (Å²) in [7, 11) is 0. The number of esters is 2. The van der Waals surface area contributed by atoms with Crippen LogP contribution in [0.25, 0.3) is 0 Å². The molecular formula is C25H30FNO4S. The molecule has 32 heavy (non-hydrogen) atoms. The first-order chi connectivity index (χ1) is 15.2. The van der Waals surface area contributed by atoms with Crippen LogP contribution in [0.4, 0.5) is 10.1 Å². The zero-order valence-electron chi connectivity index (χ0n) is 19.2. The molecule has 0 aliphatic heterocycles. The molecule has 0 saturated carbocycles. The summed E-state index contributed by atoms with van der Waals surface area (Å²) in [6.45, 7) is 9.90. The first kappa shape index (κ1) is 25.5. The largest absolute Gasteiger partial charge is 0.462 e. The van der Waals surface area contributed by atoms with Gasteiger partial charge >= 0.3 is 11.9 Å². The van der Waals surface area contributed by atoms with Crippen LogP contribution in [-0.4, -0.2) is 25.2 Å². The quantitative estimate of drug-likeness (QED) is 0.221. The smallest absolute Gasteiger partial charge is 0.348 e. The third kappa shape index (κ3) is 7.12. The standard InChI is InChI=1S/C25H30FNO4S/c1-6-30-23(28)21(24(29)31-7-2)22(27-20-11-9-8-10-19(20)26)32-16-17-12-14-18(15-13-17)25(3,4)5/h8-15,27H,6-7,16H2,1-5H3. The van der Waals surface area contributed by atoms with Crippen LogP contribution in [0.5, 0.6) is 0 Å². The molecule has 2 aromatic carbocycles. The SMILES string of the molecule is CCOC(=O)C(C(=O)OCC)=C(Nc1ccccc1F)SCc1ccc(C(C)(C)C)cc1. The van der Waals surface area contributed by atoms with Crippen molar-refractivity contribution in [2.24, 2.45) is 0 Å². The molecule has 0 bridgehead atoms. The van der Waals surface area contributed by atoms with E-state index >= 15 is 0 Å². The van der Waals surface area contributed by atoms with Crippen molar-refractivity contribution in [2.75, 3.05) is 18.5 Å². The molecule has 0 aliphatic carbocycles. The Labute approximate surface area is 193 Å². The first-order valence-electron chi connectivity index (χ1n) is 10.5. The van der Waals surface area contributed by atoms with Crippen LogP contribution < -0.4 is 5.32 Å². The second kappa shape index (κ2) is 11.7. The lowest BCUT2D eigenvalue weighted by molar-refractivity contribution is -0.146. The molecule has 2 aromatic rings. The number of hydrogen-bond donors (Lipinski definition) is 1. The van der Waals surface area contributed by atoms with Gasteiger partial charge < -0.3 is 14.8 Å². The molecule has 0 aliphatic rings. The monoisotopic (exact) mass is 459 g/mol. The number of ether oxygens (including phenoxy) is 2. The fraction of sp³-hybridized carbons (Fsp3) is 0.360. The highest BCUT2D eigenvalue weighted by Crippen LogP contribution is 2.30. The Bertz CT molecular complexity index is 945. The van der Waals surface area contributed by atoms with Crippen LogP contribution in [0.2, 0.25) is 0 Å². The van der Waals surface area contributed by atoms with E-state index in [0.29, 0.717) is 5.75 Å². The summed E-state index contributed by atoms with van der Waals surface area (Å²) in [5.41, 5.74) is 2.08. The van der Waals surface area contributed by atoms with E-state index in [-0.39, 0.29) is 34.9 Å². The number of nitrogens with one attached hydrogen (secondary N) is 1. The number of para-hydroxylation sites is 1. The van der Waals surface area contributed by atoms with Gasteiger partial charge in [-0.2, -0.15) is 0 Å². The van der Waals surface area contributed by atoms with Crippen molar-refractivity contribution in [1.82, 2.24) is 0 Å². The van der Waals surface area contributed by atoms with Crippen LogP contribution in [0.3, 0.4) is 0 Å². The Kier molecular flexibility index (Phi) is 9.32. The summed E-state index contributed by atoms with van der Waals surface area (Å²) < 4.78 is 24.5. The number of carbonyl (C=O) groups is 2. The van der Waals surface area contributed by atoms with Crippen molar-refractivity contribution in [1.29, 1.82) is 0 Å². The minimum Gasteiger partial charge on any atom is -0.462 e. The molecule has 0 radical (unpaired) electrons. The number of thioether (sulfide) groups is 1. The van der Waals surface area contributed by atoms with E-state index in [2.05, 4.69) is 38.2 Å². The van der Waals surface area contributed by atoms with E-state index in [1.54, 1.807) is 26.0 Å². The topological polar surface area (TPSA) is 64.6 Å². The van der Waals surface area contributed by atoms with Gasteiger partial charge in [0.15, 0.2) is 5.57 Å². The molecule has 7 heteroatoms. The molecule has 0 fully saturated rings. The van der Waals surface area contributed by atoms with Crippen LogP contribution in [0.15, 0.2) is 59.1 Å². The molecule has 0 atom stereocenters. The zero-order chi connectivity index (χ0) is 23.7. The van der Waals surface area contributed by atoms with E-state index in [0.717, 1.165) is 5.56 Å². The molecule has 0 heterocycles. The molecule has 0 spiro atoms. The molecule has 0 saturated heterocycles. The highest BCUT2D eigenvalue weighted by Gasteiger charge is 2.27. The van der Waals surface area contributed by atoms with E-state index in [1.807, 2.05) is 12.1 Å². The van der Waals surface area contributed by atoms with Crippen molar-refractivity contribution < 1.29 is 23.5 Å². The Morgan fingerprint density at radius 3 is 2.00 bits per heavy atom. The zero-order valence-corrected chi connectivity index (χ0v) is 20.0. The highest BCUT2D eigenvalue weighted by molar-refractivity contribution is 8.02. The number of halogens is 1. The fourth-order valence-corrected chi connectivity index (χ4v) is 3.78. The van der Waals surface area contributed by atoms with Crippen LogP contribution in [0.1, 0.15) is 45.7 Å². The van der Waals surface area contributed by atoms with Crippen LogP contribution in [-0.2, 0) is 30.2 Å². The lowest BCUT2D eigenvalue weighted by Gasteiger charge is -2.19. The summed E-state index contributed by atoms with van der Waals surface area (Å²) in [5, 5.41) is 3.07. The summed E-state index contributed by atoms with van der Waals surface area (Å²) in [6, 6.07) is 14.2. The van der Waals surface area contributed by atoms with Gasteiger partial charge in [0.05, 0.1) is 23.9 Å². The second-order valence-electron chi connectivity index (χ2n) is 7.99. The maximum atomic E-state index is 14.3. The molecule has 0 aromatic heterocycles. The van der Waals surface area contributed by atoms with Crippen LogP contribution >= 0.6 is 11.8 Å². The van der Waals surface area contributed by atoms with Gasteiger partial charge in [-0.15, -0.1) is 11.8 Å². The molecule has 5 nitrogen and oxygen atoms in total. The van der Waals surface area contributed by atoms with Gasteiger partial charge in [-0.05, 0) is 42.5 Å². The lowest BCUT2D eigenvalue weighted by Crippen LogP contribution is -2.22. The maximum Gasteiger partial charge on any atom is 0.348 e. The third-order valence-electron chi connectivity index (χ3n) is 4.51. The number of benzene rings is 2. The molecular weight excluding hydrogens is 429 g/mol. The van der Waals surface area contributed by atoms with Crippen molar-refractivity contribution in [3.05, 3.63) is 76.1 Å². The van der Waals surface area contributed by atoms with Gasteiger partial charge in [0.1, 0.15) is 5.82 Å². The minimum absolute atomic E-state index is 0.0319. The first-order valence-corrected chi connectivity index (χ1v) is 11.5. The van der Waals surface area contributed by atoms with Gasteiger partial charge in [-0.1, -0.05) is 57.2 Å². The summed E-state index contributed by atoms with van der Waals surface area (Å²) in [6.07, 6.45) is 0. The van der Waals surface area contributed by atoms with Crippen LogP contribution in [0, 0.1) is 5.82 Å². The van der Waals surface area contributed by atoms with Gasteiger partial charge in [0.2, 0.25) is 0 Å². The number of carbonyl (C=O) groups excluding carboxylic acids is 2. The molecule has 1 N–H and O–H groups in total. The predicted octanol–water partition coefficient (Wildman–Crippen LogP) is 5.81. The maximum absolute atomic E-state index is 14.3. The molecule has 0 amide bonds. The fourth-order valence-electron chi connectivity index (χ4n) is 2.79. The normalized spacial score (nSPS) is 10.9. The van der Waals surface area contributed by atoms with Crippen molar-refractivity contribution in [3.63, 3.8) is 0 Å². The van der Waals surface area contributed by atoms with E-state index in [9.17, 15) is 14.0 Å². The molecule has 172 valence electrons. The van der Waals surface area contributed by atoms with E-state index in [1.165, 1.54) is 29.5 Å². The van der Waals surface area contributed by atoms with Gasteiger partial charge in [-0.3, -0.25) is 0 Å². The molecule has 2 rings (SSSR count). The van der Waals surface area contributed by atoms with E-state index in [4.69, 9.17) is 9.47 Å². The third-order valence-corrected chi connectivity index (χ3v) is 5.58. The Balaban J connectivity index is 2.41. The number of rotatable bonds is 9. The van der Waals surface area contributed by atoms with Gasteiger partial charge in [-0.25, -0.2) is 14.0 Å². The van der Waals surface area contributed by atoms with Crippen molar-refractivity contribution >= 4 is 29.4 Å².